The number of hydrogen-bond donors (Lipinski definition) is 2. The third kappa shape index (κ3) is 2.41. The molecule has 1 aliphatic rings. The topological polar surface area (TPSA) is 87.1 Å². The molecule has 0 bridgehead atoms. The summed E-state index contributed by atoms with van der Waals surface area (Å²) >= 11 is 0. The average Bonchev–Trinajstić information content (AvgIpc) is 2.80. The summed E-state index contributed by atoms with van der Waals surface area (Å²) in [5, 5.41) is 19.1. The molecule has 1 saturated heterocycles. The van der Waals surface area contributed by atoms with Crippen molar-refractivity contribution in [1.29, 1.82) is 0 Å². The zero-order valence-corrected chi connectivity index (χ0v) is 11.4. The first-order valence-corrected chi connectivity index (χ1v) is 6.33. The van der Waals surface area contributed by atoms with Gasteiger partial charge in [-0.05, 0) is 18.1 Å². The van der Waals surface area contributed by atoms with Crippen molar-refractivity contribution in [2.45, 2.75) is 6.92 Å². The number of hydrogen-bond acceptors (Lipinski definition) is 4. The fraction of sp³-hybridized carbons (Fsp3) is 0.429. The van der Waals surface area contributed by atoms with Gasteiger partial charge in [-0.1, -0.05) is 13.0 Å². The molecule has 6 heteroatoms. The minimum Gasteiger partial charge on any atom is -0.504 e. The zero-order chi connectivity index (χ0) is 14.9. The molecule has 2 unspecified atom stereocenters. The van der Waals surface area contributed by atoms with Gasteiger partial charge in [0.25, 0.3) is 5.91 Å². The van der Waals surface area contributed by atoms with E-state index in [-0.39, 0.29) is 35.4 Å². The number of amides is 1. The van der Waals surface area contributed by atoms with Crippen LogP contribution >= 0.6 is 0 Å². The van der Waals surface area contributed by atoms with Crippen LogP contribution in [0.5, 0.6) is 11.5 Å². The molecule has 1 amide bonds. The fourth-order valence-corrected chi connectivity index (χ4v) is 2.48. The van der Waals surface area contributed by atoms with Crippen molar-refractivity contribution in [3.05, 3.63) is 23.8 Å². The molecule has 20 heavy (non-hydrogen) atoms. The van der Waals surface area contributed by atoms with Crippen LogP contribution in [-0.2, 0) is 4.79 Å². The van der Waals surface area contributed by atoms with Gasteiger partial charge in [0.05, 0.1) is 18.6 Å². The highest BCUT2D eigenvalue weighted by Crippen LogP contribution is 2.32. The highest BCUT2D eigenvalue weighted by Gasteiger charge is 2.37. The number of carboxylic acid groups (broad SMARTS) is 1. The highest BCUT2D eigenvalue weighted by molar-refractivity contribution is 5.98. The third-order valence-electron chi connectivity index (χ3n) is 3.67. The fourth-order valence-electron chi connectivity index (χ4n) is 2.48. The van der Waals surface area contributed by atoms with Crippen molar-refractivity contribution < 1.29 is 24.5 Å². The lowest BCUT2D eigenvalue weighted by molar-refractivity contribution is -0.142. The van der Waals surface area contributed by atoms with Crippen LogP contribution < -0.4 is 4.74 Å². The van der Waals surface area contributed by atoms with Crippen molar-refractivity contribution in [3.8, 4) is 11.5 Å². The van der Waals surface area contributed by atoms with Gasteiger partial charge >= 0.3 is 5.97 Å². The van der Waals surface area contributed by atoms with Crippen LogP contribution in [0, 0.1) is 11.8 Å². The van der Waals surface area contributed by atoms with Crippen molar-refractivity contribution >= 4 is 11.9 Å². The van der Waals surface area contributed by atoms with Gasteiger partial charge in [-0.3, -0.25) is 9.59 Å². The molecule has 108 valence electrons. The normalized spacial score (nSPS) is 21.8. The van der Waals surface area contributed by atoms with Crippen LogP contribution in [0.3, 0.4) is 0 Å². The zero-order valence-electron chi connectivity index (χ0n) is 11.4. The maximum absolute atomic E-state index is 12.4. The number of carbonyl (C=O) groups is 2. The van der Waals surface area contributed by atoms with Gasteiger partial charge < -0.3 is 19.8 Å². The minimum absolute atomic E-state index is 0.107. The smallest absolute Gasteiger partial charge is 0.308 e. The maximum Gasteiger partial charge on any atom is 0.308 e. The monoisotopic (exact) mass is 279 g/mol. The summed E-state index contributed by atoms with van der Waals surface area (Å²) in [6, 6.07) is 4.66. The molecule has 0 aliphatic carbocycles. The number of para-hydroxylation sites is 1. The molecule has 2 rings (SSSR count). The Morgan fingerprint density at radius 1 is 1.35 bits per heavy atom. The van der Waals surface area contributed by atoms with Gasteiger partial charge in [0.1, 0.15) is 0 Å². The van der Waals surface area contributed by atoms with Crippen molar-refractivity contribution in [1.82, 2.24) is 4.90 Å². The number of likely N-dealkylation sites (tertiary alicyclic amines) is 1. The van der Waals surface area contributed by atoms with Crippen LogP contribution in [0.2, 0.25) is 0 Å². The summed E-state index contributed by atoms with van der Waals surface area (Å²) in [6.45, 7) is 2.33. The molecule has 1 heterocycles. The van der Waals surface area contributed by atoms with Crippen LogP contribution in [0.15, 0.2) is 18.2 Å². The van der Waals surface area contributed by atoms with Gasteiger partial charge in [-0.2, -0.15) is 0 Å². The number of ether oxygens (including phenoxy) is 1. The molecule has 0 aromatic heterocycles. The summed E-state index contributed by atoms with van der Waals surface area (Å²) in [4.78, 5) is 24.9. The quantitative estimate of drug-likeness (QED) is 0.868. The van der Waals surface area contributed by atoms with E-state index in [0.29, 0.717) is 6.54 Å². The third-order valence-corrected chi connectivity index (χ3v) is 3.67. The van der Waals surface area contributed by atoms with Crippen molar-refractivity contribution in [3.63, 3.8) is 0 Å². The number of phenolic OH excluding ortho intramolecular Hbond substituents is 1. The Labute approximate surface area is 116 Å². The van der Waals surface area contributed by atoms with Gasteiger partial charge in [0.2, 0.25) is 0 Å². The van der Waals surface area contributed by atoms with E-state index in [0.717, 1.165) is 0 Å². The van der Waals surface area contributed by atoms with Crippen LogP contribution in [0.4, 0.5) is 0 Å². The first-order chi connectivity index (χ1) is 9.45. The molecule has 0 spiro atoms. The Balaban J connectivity index is 2.23. The van der Waals surface area contributed by atoms with Gasteiger partial charge in [0, 0.05) is 13.1 Å². The van der Waals surface area contributed by atoms with E-state index < -0.39 is 11.9 Å². The first kappa shape index (κ1) is 14.2. The molecule has 6 nitrogen and oxygen atoms in total. The van der Waals surface area contributed by atoms with E-state index in [9.17, 15) is 14.7 Å². The van der Waals surface area contributed by atoms with E-state index in [1.54, 1.807) is 19.1 Å². The SMILES string of the molecule is COc1cccc(C(=O)N2CC(C)C(C(=O)O)C2)c1O. The number of carboxylic acids is 1. The number of methoxy groups -OCH3 is 1. The van der Waals surface area contributed by atoms with E-state index >= 15 is 0 Å². The molecular weight excluding hydrogens is 262 g/mol. The van der Waals surface area contributed by atoms with Gasteiger partial charge in [-0.15, -0.1) is 0 Å². The summed E-state index contributed by atoms with van der Waals surface area (Å²) in [5.74, 6) is -1.94. The molecule has 1 aliphatic heterocycles. The first-order valence-electron chi connectivity index (χ1n) is 6.33. The Bertz CT molecular complexity index is 542. The largest absolute Gasteiger partial charge is 0.504 e. The summed E-state index contributed by atoms with van der Waals surface area (Å²) < 4.78 is 4.96. The van der Waals surface area contributed by atoms with E-state index in [4.69, 9.17) is 9.84 Å². The average molecular weight is 279 g/mol. The second-order valence-electron chi connectivity index (χ2n) is 4.99. The second-order valence-corrected chi connectivity index (χ2v) is 4.99. The highest BCUT2D eigenvalue weighted by atomic mass is 16.5. The summed E-state index contributed by atoms with van der Waals surface area (Å²) in [7, 11) is 1.40. The van der Waals surface area contributed by atoms with Gasteiger partial charge in [-0.25, -0.2) is 0 Å². The molecule has 2 N–H and O–H groups in total. The Kier molecular flexibility index (Phi) is 3.83. The predicted octanol–water partition coefficient (Wildman–Crippen LogP) is 1.19. The molecule has 0 saturated carbocycles. The number of rotatable bonds is 3. The van der Waals surface area contributed by atoms with Crippen LogP contribution in [0.1, 0.15) is 17.3 Å². The molecule has 2 atom stereocenters. The molecule has 1 fully saturated rings. The van der Waals surface area contributed by atoms with E-state index in [1.165, 1.54) is 18.1 Å². The number of phenols is 1. The number of nitrogens with zero attached hydrogens (tertiary/aromatic N) is 1. The maximum atomic E-state index is 12.4. The van der Waals surface area contributed by atoms with Crippen molar-refractivity contribution in [2.75, 3.05) is 20.2 Å². The van der Waals surface area contributed by atoms with Crippen LogP contribution in [0.25, 0.3) is 0 Å². The van der Waals surface area contributed by atoms with Crippen LogP contribution in [-0.4, -0.2) is 47.2 Å². The summed E-state index contributed by atoms with van der Waals surface area (Å²) in [5.41, 5.74) is 0.127. The minimum atomic E-state index is -0.900. The van der Waals surface area contributed by atoms with E-state index in [2.05, 4.69) is 0 Å². The summed E-state index contributed by atoms with van der Waals surface area (Å²) in [6.07, 6.45) is 0. The lowest BCUT2D eigenvalue weighted by Gasteiger charge is -2.17. The Hall–Kier alpha value is -2.24. The number of aromatic hydroxyl groups is 1. The Morgan fingerprint density at radius 3 is 2.60 bits per heavy atom. The lowest BCUT2D eigenvalue weighted by Crippen LogP contribution is -2.30. The molecular formula is C14H17NO5. The predicted molar refractivity (Wildman–Crippen MR) is 70.9 cm³/mol. The number of benzene rings is 1. The number of aliphatic carboxylic acids is 1. The Morgan fingerprint density at radius 2 is 2.05 bits per heavy atom. The van der Waals surface area contributed by atoms with Gasteiger partial charge in [0.15, 0.2) is 11.5 Å². The standard InChI is InChI=1S/C14H17NO5/c1-8-6-15(7-10(8)14(18)19)13(17)9-4-3-5-11(20-2)12(9)16/h3-5,8,10,16H,6-7H2,1-2H3,(H,18,19). The molecule has 1 aromatic carbocycles. The molecule has 1 aromatic rings. The second kappa shape index (κ2) is 5.40. The lowest BCUT2D eigenvalue weighted by atomic mass is 9.99. The number of carbonyl (C=O) groups excluding carboxylic acids is 1. The molecule has 0 radical (unpaired) electrons. The van der Waals surface area contributed by atoms with E-state index in [1.807, 2.05) is 0 Å². The van der Waals surface area contributed by atoms with Crippen molar-refractivity contribution in [2.24, 2.45) is 11.8 Å².